The van der Waals surface area contributed by atoms with E-state index in [1.165, 1.54) is 0 Å². The molecular formula is C15H16N2O4. The number of benzene rings is 1. The maximum absolute atomic E-state index is 10.8. The lowest BCUT2D eigenvalue weighted by atomic mass is 10.3. The van der Waals surface area contributed by atoms with Crippen molar-refractivity contribution in [2.24, 2.45) is 5.73 Å². The van der Waals surface area contributed by atoms with Gasteiger partial charge in [0.25, 0.3) is 5.95 Å². The number of nitrogens with zero attached hydrogens (tertiary/aromatic N) is 1. The van der Waals surface area contributed by atoms with Gasteiger partial charge in [0, 0.05) is 6.07 Å². The molecule has 3 N–H and O–H groups in total. The molecule has 6 nitrogen and oxygen atoms in total. The first-order chi connectivity index (χ1) is 10.1. The molecule has 1 unspecified atom stereocenters. The third-order valence-electron chi connectivity index (χ3n) is 2.71. The molecule has 6 heteroatoms. The zero-order valence-corrected chi connectivity index (χ0v) is 11.5. The molecule has 1 heterocycles. The van der Waals surface area contributed by atoms with Crippen LogP contribution in [0, 0.1) is 0 Å². The molecule has 0 aliphatic rings. The summed E-state index contributed by atoms with van der Waals surface area (Å²) in [7, 11) is 0. The van der Waals surface area contributed by atoms with Crippen molar-refractivity contribution in [2.75, 3.05) is 0 Å². The lowest BCUT2D eigenvalue weighted by molar-refractivity contribution is -0.0560. The van der Waals surface area contributed by atoms with Crippen LogP contribution in [0.2, 0.25) is 0 Å². The van der Waals surface area contributed by atoms with E-state index in [1.54, 1.807) is 31.2 Å². The van der Waals surface area contributed by atoms with Crippen LogP contribution >= 0.6 is 0 Å². The van der Waals surface area contributed by atoms with E-state index in [9.17, 15) is 10.0 Å². The number of carbonyl (C=O) groups is 1. The Hall–Kier alpha value is -2.73. The fourth-order valence-corrected chi connectivity index (χ4v) is 1.60. The summed E-state index contributed by atoms with van der Waals surface area (Å²) in [5.74, 6) is 1.56. The Morgan fingerprint density at radius 1 is 1.33 bits per heavy atom. The zero-order valence-electron chi connectivity index (χ0n) is 11.5. The minimum absolute atomic E-state index is 0.351. The van der Waals surface area contributed by atoms with Gasteiger partial charge in [-0.3, -0.25) is 5.21 Å². The molecule has 0 radical (unpaired) electrons. The molecule has 110 valence electrons. The molecule has 0 spiro atoms. The second-order valence-corrected chi connectivity index (χ2v) is 4.35. The molecule has 2 amide bonds. The number of hydrogen-bond acceptors (Lipinski definition) is 4. The third-order valence-corrected chi connectivity index (χ3v) is 2.71. The first kappa shape index (κ1) is 14.7. The summed E-state index contributed by atoms with van der Waals surface area (Å²) < 4.78 is 11.0. The van der Waals surface area contributed by atoms with E-state index >= 15 is 0 Å². The fraction of sp³-hybridized carbons (Fsp3) is 0.133. The molecule has 0 fully saturated rings. The Morgan fingerprint density at radius 3 is 2.71 bits per heavy atom. The van der Waals surface area contributed by atoms with Crippen molar-refractivity contribution in [1.82, 2.24) is 5.06 Å². The van der Waals surface area contributed by atoms with Gasteiger partial charge in [0.05, 0.1) is 6.04 Å². The summed E-state index contributed by atoms with van der Waals surface area (Å²) in [5, 5.41) is 9.76. The van der Waals surface area contributed by atoms with Gasteiger partial charge in [-0.05, 0) is 31.2 Å². The molecule has 0 saturated heterocycles. The number of nitrogens with two attached hydrogens (primary N) is 1. The summed E-state index contributed by atoms with van der Waals surface area (Å²) in [6, 6.07) is 11.2. The predicted octanol–water partition coefficient (Wildman–Crippen LogP) is 3.24. The summed E-state index contributed by atoms with van der Waals surface area (Å²) in [6.07, 6.45) is 3.20. The number of ether oxygens (including phenoxy) is 1. The predicted molar refractivity (Wildman–Crippen MR) is 76.9 cm³/mol. The van der Waals surface area contributed by atoms with Crippen molar-refractivity contribution in [3.63, 3.8) is 0 Å². The fourth-order valence-electron chi connectivity index (χ4n) is 1.60. The summed E-state index contributed by atoms with van der Waals surface area (Å²) in [6.45, 7) is 1.62. The molecule has 0 saturated carbocycles. The van der Waals surface area contributed by atoms with E-state index in [1.807, 2.05) is 30.3 Å². The Morgan fingerprint density at radius 2 is 2.05 bits per heavy atom. The Balaban J connectivity index is 1.98. The van der Waals surface area contributed by atoms with Crippen molar-refractivity contribution >= 4 is 12.1 Å². The maximum Gasteiger partial charge on any atom is 0.339 e. The third kappa shape index (κ3) is 4.12. The molecular weight excluding hydrogens is 272 g/mol. The average Bonchev–Trinajstić information content (AvgIpc) is 2.92. The first-order valence-electron chi connectivity index (χ1n) is 6.35. The molecule has 1 aromatic carbocycles. The highest BCUT2D eigenvalue weighted by molar-refractivity contribution is 5.71. The Bertz CT molecular complexity index is 622. The smallest absolute Gasteiger partial charge is 0.339 e. The van der Waals surface area contributed by atoms with Crippen LogP contribution in [-0.4, -0.2) is 22.3 Å². The van der Waals surface area contributed by atoms with E-state index in [0.717, 1.165) is 0 Å². The van der Waals surface area contributed by atoms with Gasteiger partial charge >= 0.3 is 6.03 Å². The second kappa shape index (κ2) is 6.62. The number of amides is 2. The van der Waals surface area contributed by atoms with Crippen LogP contribution in [0.3, 0.4) is 0 Å². The average molecular weight is 288 g/mol. The molecule has 21 heavy (non-hydrogen) atoms. The highest BCUT2D eigenvalue weighted by Crippen LogP contribution is 2.24. The van der Waals surface area contributed by atoms with Crippen molar-refractivity contribution in [3.8, 4) is 11.7 Å². The lowest BCUT2D eigenvalue weighted by Crippen LogP contribution is -2.38. The molecule has 1 atom stereocenters. The Labute approximate surface area is 122 Å². The number of hydroxylamine groups is 2. The van der Waals surface area contributed by atoms with Crippen LogP contribution in [0.25, 0.3) is 6.08 Å². The number of furan rings is 1. The normalized spacial score (nSPS) is 12.3. The standard InChI is InChI=1S/C15H16N2O4/c1-11(17(19)15(16)18)7-8-13-9-10-14(21-13)20-12-5-3-2-4-6-12/h2-11,19H,1H3,(H2,16,18). The van der Waals surface area contributed by atoms with Crippen LogP contribution in [-0.2, 0) is 0 Å². The van der Waals surface area contributed by atoms with E-state index in [2.05, 4.69) is 0 Å². The number of hydrogen-bond donors (Lipinski definition) is 2. The van der Waals surface area contributed by atoms with Gasteiger partial charge in [-0.25, -0.2) is 4.79 Å². The van der Waals surface area contributed by atoms with Gasteiger partial charge in [-0.2, -0.15) is 5.06 Å². The van der Waals surface area contributed by atoms with Gasteiger partial charge < -0.3 is 14.9 Å². The lowest BCUT2D eigenvalue weighted by Gasteiger charge is -2.16. The van der Waals surface area contributed by atoms with Gasteiger partial charge in [-0.1, -0.05) is 24.3 Å². The van der Waals surface area contributed by atoms with E-state index in [0.29, 0.717) is 22.5 Å². The highest BCUT2D eigenvalue weighted by Gasteiger charge is 2.11. The summed E-state index contributed by atoms with van der Waals surface area (Å²) in [5.41, 5.74) is 4.96. The first-order valence-corrected chi connectivity index (χ1v) is 6.35. The molecule has 1 aromatic heterocycles. The second-order valence-electron chi connectivity index (χ2n) is 4.35. The van der Waals surface area contributed by atoms with Crippen molar-refractivity contribution in [3.05, 3.63) is 54.3 Å². The van der Waals surface area contributed by atoms with Gasteiger partial charge in [-0.15, -0.1) is 0 Å². The molecule has 2 aromatic rings. The summed E-state index contributed by atoms with van der Waals surface area (Å²) >= 11 is 0. The number of carbonyl (C=O) groups excluding carboxylic acids is 1. The highest BCUT2D eigenvalue weighted by atomic mass is 16.6. The number of urea groups is 1. The molecule has 0 aliphatic heterocycles. The van der Waals surface area contributed by atoms with Crippen LogP contribution < -0.4 is 10.5 Å². The summed E-state index contributed by atoms with van der Waals surface area (Å²) in [4.78, 5) is 10.8. The largest absolute Gasteiger partial charge is 0.426 e. The quantitative estimate of drug-likeness (QED) is 0.653. The molecule has 2 rings (SSSR count). The van der Waals surface area contributed by atoms with Crippen LogP contribution in [0.5, 0.6) is 11.7 Å². The van der Waals surface area contributed by atoms with E-state index in [-0.39, 0.29) is 0 Å². The van der Waals surface area contributed by atoms with Gasteiger partial charge in [0.1, 0.15) is 11.5 Å². The van der Waals surface area contributed by atoms with Crippen molar-refractivity contribution < 1.29 is 19.2 Å². The molecule has 0 bridgehead atoms. The minimum Gasteiger partial charge on any atom is -0.426 e. The SMILES string of the molecule is CC(C=Cc1ccc(Oc2ccccc2)o1)N(O)C(N)=O. The van der Waals surface area contributed by atoms with Crippen molar-refractivity contribution in [2.45, 2.75) is 13.0 Å². The van der Waals surface area contributed by atoms with Crippen LogP contribution in [0.1, 0.15) is 12.7 Å². The van der Waals surface area contributed by atoms with Gasteiger partial charge in [0.2, 0.25) is 0 Å². The van der Waals surface area contributed by atoms with Gasteiger partial charge in [0.15, 0.2) is 0 Å². The topological polar surface area (TPSA) is 88.9 Å². The zero-order chi connectivity index (χ0) is 15.2. The van der Waals surface area contributed by atoms with E-state index in [4.69, 9.17) is 14.9 Å². The Kier molecular flexibility index (Phi) is 4.63. The molecule has 0 aliphatic carbocycles. The minimum atomic E-state index is -0.917. The maximum atomic E-state index is 10.8. The van der Waals surface area contributed by atoms with E-state index < -0.39 is 12.1 Å². The number of rotatable bonds is 5. The number of para-hydroxylation sites is 1. The van der Waals surface area contributed by atoms with Crippen LogP contribution in [0.4, 0.5) is 4.79 Å². The van der Waals surface area contributed by atoms with Crippen molar-refractivity contribution in [1.29, 1.82) is 0 Å². The number of primary amides is 1. The van der Waals surface area contributed by atoms with Crippen LogP contribution in [0.15, 0.2) is 53.0 Å². The monoisotopic (exact) mass is 288 g/mol.